The molecule has 20 heavy (non-hydrogen) atoms. The van der Waals surface area contributed by atoms with Crippen LogP contribution in [-0.4, -0.2) is 38.4 Å². The lowest BCUT2D eigenvalue weighted by atomic mass is 9.95. The van der Waals surface area contributed by atoms with Crippen molar-refractivity contribution in [3.05, 3.63) is 28.8 Å². The third-order valence-electron chi connectivity index (χ3n) is 3.53. The molecule has 2 atom stereocenters. The minimum Gasteiger partial charge on any atom is -0.496 e. The van der Waals surface area contributed by atoms with Gasteiger partial charge in [-0.3, -0.25) is 4.79 Å². The lowest BCUT2D eigenvalue weighted by molar-refractivity contribution is -0.142. The second-order valence-electron chi connectivity index (χ2n) is 4.80. The Morgan fingerprint density at radius 2 is 1.90 bits per heavy atom. The molecular weight excluding hydrogens is 258 g/mol. The number of aliphatic hydroxyl groups excluding tert-OH is 1. The zero-order valence-electron chi connectivity index (χ0n) is 12.7. The normalized spacial score (nSPS) is 13.7. The van der Waals surface area contributed by atoms with Crippen LogP contribution in [0.2, 0.25) is 0 Å². The Kier molecular flexibility index (Phi) is 5.98. The van der Waals surface area contributed by atoms with Crippen molar-refractivity contribution in [1.29, 1.82) is 0 Å². The average molecular weight is 281 g/mol. The van der Waals surface area contributed by atoms with Crippen molar-refractivity contribution in [3.8, 4) is 5.75 Å². The van der Waals surface area contributed by atoms with Crippen LogP contribution in [-0.2, 0) is 9.53 Å². The first kappa shape index (κ1) is 16.5. The summed E-state index contributed by atoms with van der Waals surface area (Å²) in [5.74, 6) is 0.247. The lowest BCUT2D eigenvalue weighted by Gasteiger charge is -2.24. The van der Waals surface area contributed by atoms with Crippen LogP contribution in [0.5, 0.6) is 5.75 Å². The quantitative estimate of drug-likeness (QED) is 0.773. The fraction of sp³-hybridized carbons (Fsp3) is 0.533. The van der Waals surface area contributed by atoms with Crippen LogP contribution in [0.1, 0.15) is 29.2 Å². The molecule has 1 aromatic carbocycles. The zero-order valence-corrected chi connectivity index (χ0v) is 12.7. The molecule has 0 saturated heterocycles. The number of aliphatic hydroxyl groups is 1. The summed E-state index contributed by atoms with van der Waals surface area (Å²) in [7, 11) is 4.59. The van der Waals surface area contributed by atoms with E-state index >= 15 is 0 Å². The van der Waals surface area contributed by atoms with Gasteiger partial charge in [0.05, 0.1) is 26.7 Å². The highest BCUT2D eigenvalue weighted by Crippen LogP contribution is 2.31. The topological polar surface area (TPSA) is 67.8 Å². The van der Waals surface area contributed by atoms with Gasteiger partial charge < -0.3 is 19.9 Å². The molecule has 112 valence electrons. The fourth-order valence-corrected chi connectivity index (χ4v) is 2.07. The first-order valence-electron chi connectivity index (χ1n) is 6.51. The van der Waals surface area contributed by atoms with Gasteiger partial charge in [-0.2, -0.15) is 0 Å². The smallest absolute Gasteiger partial charge is 0.307 e. The Morgan fingerprint density at radius 1 is 1.30 bits per heavy atom. The molecule has 5 heteroatoms. The number of esters is 1. The number of hydrogen-bond donors (Lipinski definition) is 2. The van der Waals surface area contributed by atoms with Crippen LogP contribution < -0.4 is 10.1 Å². The van der Waals surface area contributed by atoms with E-state index in [1.807, 2.05) is 26.0 Å². The number of aryl methyl sites for hydroxylation is 2. The Balaban J connectivity index is 3.08. The van der Waals surface area contributed by atoms with Crippen LogP contribution in [0.15, 0.2) is 12.1 Å². The largest absolute Gasteiger partial charge is 0.496 e. The van der Waals surface area contributed by atoms with E-state index in [1.165, 1.54) is 7.11 Å². The standard InChI is InChI=1S/C15H23NO4/c1-9-6-11(13(19-4)7-10(9)2)15(18)12(16-3)8-14(17)20-5/h6-7,12,15-16,18H,8H2,1-5H3. The van der Waals surface area contributed by atoms with Gasteiger partial charge in [-0.1, -0.05) is 0 Å². The zero-order chi connectivity index (χ0) is 15.3. The van der Waals surface area contributed by atoms with Crippen LogP contribution in [0.4, 0.5) is 0 Å². The predicted octanol–water partition coefficient (Wildman–Crippen LogP) is 1.50. The Hall–Kier alpha value is -1.59. The van der Waals surface area contributed by atoms with Crippen LogP contribution in [0.3, 0.4) is 0 Å². The molecule has 0 spiro atoms. The molecule has 0 aliphatic heterocycles. The van der Waals surface area contributed by atoms with Gasteiger partial charge in [0.25, 0.3) is 0 Å². The summed E-state index contributed by atoms with van der Waals surface area (Å²) in [4.78, 5) is 11.4. The Bertz CT molecular complexity index is 473. The maximum Gasteiger partial charge on any atom is 0.307 e. The van der Waals surface area contributed by atoms with E-state index in [0.29, 0.717) is 11.3 Å². The highest BCUT2D eigenvalue weighted by atomic mass is 16.5. The predicted molar refractivity (Wildman–Crippen MR) is 76.9 cm³/mol. The number of rotatable bonds is 6. The molecule has 0 fully saturated rings. The minimum absolute atomic E-state index is 0.0875. The molecule has 0 aromatic heterocycles. The number of carbonyl (C=O) groups excluding carboxylic acids is 1. The molecule has 0 saturated carbocycles. The summed E-state index contributed by atoms with van der Waals surface area (Å²) in [5.41, 5.74) is 2.82. The van der Waals surface area contributed by atoms with Gasteiger partial charge in [-0.15, -0.1) is 0 Å². The first-order valence-corrected chi connectivity index (χ1v) is 6.51. The SMILES string of the molecule is CNC(CC(=O)OC)C(O)c1cc(C)c(C)cc1OC. The van der Waals surface area contributed by atoms with E-state index in [2.05, 4.69) is 10.1 Å². The molecule has 0 aliphatic carbocycles. The van der Waals surface area contributed by atoms with E-state index in [9.17, 15) is 9.90 Å². The van der Waals surface area contributed by atoms with Crippen molar-refractivity contribution < 1.29 is 19.4 Å². The van der Waals surface area contributed by atoms with Crippen molar-refractivity contribution in [2.75, 3.05) is 21.3 Å². The summed E-state index contributed by atoms with van der Waals surface area (Å²) in [5, 5.41) is 13.4. The van der Waals surface area contributed by atoms with Gasteiger partial charge >= 0.3 is 5.97 Å². The third kappa shape index (κ3) is 3.71. The molecule has 1 aromatic rings. The summed E-state index contributed by atoms with van der Waals surface area (Å²) in [6.07, 6.45) is -0.766. The highest BCUT2D eigenvalue weighted by molar-refractivity contribution is 5.70. The van der Waals surface area contributed by atoms with Crippen LogP contribution in [0, 0.1) is 13.8 Å². The van der Waals surface area contributed by atoms with E-state index < -0.39 is 12.1 Å². The maximum atomic E-state index is 11.4. The summed E-state index contributed by atoms with van der Waals surface area (Å²) < 4.78 is 9.97. The second-order valence-corrected chi connectivity index (χ2v) is 4.80. The molecule has 0 radical (unpaired) electrons. The van der Waals surface area contributed by atoms with Gasteiger partial charge in [0, 0.05) is 11.6 Å². The number of benzene rings is 1. The van der Waals surface area contributed by atoms with Crippen molar-refractivity contribution in [2.45, 2.75) is 32.4 Å². The molecule has 5 nitrogen and oxygen atoms in total. The van der Waals surface area contributed by atoms with Crippen molar-refractivity contribution in [3.63, 3.8) is 0 Å². The molecule has 0 bridgehead atoms. The van der Waals surface area contributed by atoms with Gasteiger partial charge in [-0.25, -0.2) is 0 Å². The minimum atomic E-state index is -0.853. The lowest BCUT2D eigenvalue weighted by Crippen LogP contribution is -2.35. The van der Waals surface area contributed by atoms with Gasteiger partial charge in [0.2, 0.25) is 0 Å². The molecule has 1 rings (SSSR count). The highest BCUT2D eigenvalue weighted by Gasteiger charge is 2.25. The summed E-state index contributed by atoms with van der Waals surface area (Å²) in [6, 6.07) is 3.35. The van der Waals surface area contributed by atoms with Crippen molar-refractivity contribution in [1.82, 2.24) is 5.32 Å². The second kappa shape index (κ2) is 7.26. The third-order valence-corrected chi connectivity index (χ3v) is 3.53. The molecule has 2 unspecified atom stereocenters. The van der Waals surface area contributed by atoms with E-state index in [4.69, 9.17) is 4.74 Å². The first-order chi connectivity index (χ1) is 9.44. The molecule has 0 aliphatic rings. The fourth-order valence-electron chi connectivity index (χ4n) is 2.07. The number of hydrogen-bond acceptors (Lipinski definition) is 5. The number of ether oxygens (including phenoxy) is 2. The molecular formula is C15H23NO4. The Labute approximate surface area is 119 Å². The van der Waals surface area contributed by atoms with Crippen molar-refractivity contribution in [2.24, 2.45) is 0 Å². The summed E-state index contributed by atoms with van der Waals surface area (Å²) >= 11 is 0. The van der Waals surface area contributed by atoms with Crippen molar-refractivity contribution >= 4 is 5.97 Å². The van der Waals surface area contributed by atoms with Crippen LogP contribution in [0.25, 0.3) is 0 Å². The van der Waals surface area contributed by atoms with Gasteiger partial charge in [-0.05, 0) is 44.2 Å². The molecule has 0 amide bonds. The maximum absolute atomic E-state index is 11.4. The van der Waals surface area contributed by atoms with Gasteiger partial charge in [0.1, 0.15) is 5.75 Å². The van der Waals surface area contributed by atoms with E-state index in [1.54, 1.807) is 14.2 Å². The van der Waals surface area contributed by atoms with E-state index in [-0.39, 0.29) is 12.4 Å². The monoisotopic (exact) mass is 281 g/mol. The summed E-state index contributed by atoms with van der Waals surface area (Å²) in [6.45, 7) is 3.96. The number of likely N-dealkylation sites (N-methyl/N-ethyl adjacent to an activating group) is 1. The number of nitrogens with one attached hydrogen (secondary N) is 1. The van der Waals surface area contributed by atoms with Crippen LogP contribution >= 0.6 is 0 Å². The van der Waals surface area contributed by atoms with Gasteiger partial charge in [0.15, 0.2) is 0 Å². The molecule has 2 N–H and O–H groups in total. The average Bonchev–Trinajstić information content (AvgIpc) is 2.45. The van der Waals surface area contributed by atoms with E-state index in [0.717, 1.165) is 11.1 Å². The number of methoxy groups -OCH3 is 2. The number of carbonyl (C=O) groups is 1. The Morgan fingerprint density at radius 3 is 2.40 bits per heavy atom. The molecule has 0 heterocycles.